The average molecular weight is 342 g/mol. The minimum absolute atomic E-state index is 0.149. The highest BCUT2D eigenvalue weighted by molar-refractivity contribution is 7.16. The molecule has 0 aliphatic carbocycles. The number of rotatable bonds is 4. The molecule has 3 heterocycles. The van der Waals surface area contributed by atoms with Crippen molar-refractivity contribution in [3.63, 3.8) is 0 Å². The topological polar surface area (TPSA) is 96.5 Å². The summed E-state index contributed by atoms with van der Waals surface area (Å²) in [6.07, 6.45) is 5.66. The molecule has 3 aromatic heterocycles. The van der Waals surface area contributed by atoms with E-state index < -0.39 is 0 Å². The van der Waals surface area contributed by atoms with Crippen LogP contribution in [-0.4, -0.2) is 31.1 Å². The molecule has 0 aromatic carbocycles. The lowest BCUT2D eigenvalue weighted by molar-refractivity contribution is 0.103. The van der Waals surface area contributed by atoms with Crippen molar-refractivity contribution < 1.29 is 4.79 Å². The van der Waals surface area contributed by atoms with Crippen LogP contribution in [0.25, 0.3) is 10.8 Å². The summed E-state index contributed by atoms with van der Waals surface area (Å²) in [7, 11) is 0. The largest absolute Gasteiger partial charge is 0.304 e. The minimum atomic E-state index is -0.247. The second-order valence-electron chi connectivity index (χ2n) is 6.57. The van der Waals surface area contributed by atoms with E-state index in [0.717, 1.165) is 12.1 Å². The van der Waals surface area contributed by atoms with Gasteiger partial charge < -0.3 is 5.32 Å². The van der Waals surface area contributed by atoms with Gasteiger partial charge in [-0.2, -0.15) is 5.10 Å². The molecule has 0 saturated carbocycles. The summed E-state index contributed by atoms with van der Waals surface area (Å²) in [6, 6.07) is 3.59. The summed E-state index contributed by atoms with van der Waals surface area (Å²) < 4.78 is 0. The van der Waals surface area contributed by atoms with Crippen LogP contribution >= 0.6 is 11.3 Å². The Morgan fingerprint density at radius 3 is 2.71 bits per heavy atom. The van der Waals surface area contributed by atoms with Gasteiger partial charge in [0.1, 0.15) is 4.88 Å². The lowest BCUT2D eigenvalue weighted by Gasteiger charge is -2.15. The molecule has 1 amide bonds. The maximum absolute atomic E-state index is 12.3. The number of anilines is 1. The first kappa shape index (κ1) is 16.3. The van der Waals surface area contributed by atoms with E-state index >= 15 is 0 Å². The van der Waals surface area contributed by atoms with E-state index in [0.29, 0.717) is 21.5 Å². The van der Waals surface area contributed by atoms with E-state index in [1.165, 1.54) is 17.5 Å². The Bertz CT molecular complexity index is 834. The quantitative estimate of drug-likeness (QED) is 0.759. The van der Waals surface area contributed by atoms with Gasteiger partial charge in [-0.25, -0.2) is 15.0 Å². The van der Waals surface area contributed by atoms with E-state index in [1.807, 2.05) is 6.07 Å². The van der Waals surface area contributed by atoms with Crippen molar-refractivity contribution in [1.29, 1.82) is 0 Å². The Kier molecular flexibility index (Phi) is 4.39. The third kappa shape index (κ3) is 4.02. The van der Waals surface area contributed by atoms with Crippen LogP contribution in [0.3, 0.4) is 0 Å². The Labute approximate surface area is 143 Å². The minimum Gasteiger partial charge on any atom is -0.304 e. The fourth-order valence-electron chi connectivity index (χ4n) is 2.16. The molecule has 7 nitrogen and oxygen atoms in total. The lowest BCUT2D eigenvalue weighted by Crippen LogP contribution is -2.10. The van der Waals surface area contributed by atoms with Crippen LogP contribution in [0.15, 0.2) is 30.7 Å². The number of hydrogen-bond acceptors (Lipinski definition) is 6. The van der Waals surface area contributed by atoms with Gasteiger partial charge >= 0.3 is 0 Å². The van der Waals surface area contributed by atoms with E-state index in [-0.39, 0.29) is 11.3 Å². The molecular formula is C16H18N6OS. The summed E-state index contributed by atoms with van der Waals surface area (Å²) in [5, 5.41) is 10.5. The number of nitrogens with zero attached hydrogens (tertiary/aromatic N) is 4. The van der Waals surface area contributed by atoms with Crippen LogP contribution in [0, 0.1) is 5.41 Å². The van der Waals surface area contributed by atoms with Crippen LogP contribution in [-0.2, 0) is 6.42 Å². The molecule has 3 rings (SSSR count). The van der Waals surface area contributed by atoms with Gasteiger partial charge in [-0.3, -0.25) is 9.89 Å². The Hall–Kier alpha value is -2.61. The number of hydrogen-bond donors (Lipinski definition) is 2. The Balaban J connectivity index is 1.69. The third-order valence-electron chi connectivity index (χ3n) is 3.08. The van der Waals surface area contributed by atoms with Gasteiger partial charge in [0.15, 0.2) is 16.6 Å². The van der Waals surface area contributed by atoms with Gasteiger partial charge in [-0.05, 0) is 17.9 Å². The van der Waals surface area contributed by atoms with E-state index in [9.17, 15) is 4.79 Å². The molecule has 2 N–H and O–H groups in total. The predicted molar refractivity (Wildman–Crippen MR) is 92.8 cm³/mol. The Morgan fingerprint density at radius 2 is 2.00 bits per heavy atom. The molecule has 0 fully saturated rings. The molecule has 0 unspecified atom stereocenters. The van der Waals surface area contributed by atoms with E-state index in [1.54, 1.807) is 18.5 Å². The molecule has 0 aliphatic rings. The summed E-state index contributed by atoms with van der Waals surface area (Å²) in [5.74, 6) is 0.766. The van der Waals surface area contributed by atoms with Crippen LogP contribution < -0.4 is 5.32 Å². The van der Waals surface area contributed by atoms with Crippen LogP contribution in [0.2, 0.25) is 0 Å². The van der Waals surface area contributed by atoms with Gasteiger partial charge in [0.25, 0.3) is 5.91 Å². The van der Waals surface area contributed by atoms with Gasteiger partial charge in [0.2, 0.25) is 0 Å². The zero-order chi connectivity index (χ0) is 17.2. The number of aromatic nitrogens is 5. The van der Waals surface area contributed by atoms with Crippen molar-refractivity contribution in [1.82, 2.24) is 25.1 Å². The van der Waals surface area contributed by atoms with Crippen molar-refractivity contribution in [3.8, 4) is 10.8 Å². The van der Waals surface area contributed by atoms with Crippen molar-refractivity contribution in [2.24, 2.45) is 5.41 Å². The highest BCUT2D eigenvalue weighted by Gasteiger charge is 2.16. The number of nitrogens with one attached hydrogen (secondary N) is 2. The van der Waals surface area contributed by atoms with Crippen LogP contribution in [0.4, 0.5) is 5.82 Å². The molecule has 124 valence electrons. The first-order valence-electron chi connectivity index (χ1n) is 7.49. The number of carbonyl (C=O) groups excluding carboxylic acids is 1. The molecule has 0 atom stereocenters. The zero-order valence-electron chi connectivity index (χ0n) is 13.7. The molecule has 0 spiro atoms. The molecule has 0 aliphatic heterocycles. The maximum atomic E-state index is 12.3. The fourth-order valence-corrected chi connectivity index (χ4v) is 2.92. The normalized spacial score (nSPS) is 11.5. The highest BCUT2D eigenvalue weighted by atomic mass is 32.1. The number of H-pyrrole nitrogens is 1. The average Bonchev–Trinajstić information content (AvgIpc) is 3.16. The van der Waals surface area contributed by atoms with Crippen molar-refractivity contribution in [2.75, 3.05) is 5.32 Å². The smallest absolute Gasteiger partial charge is 0.268 e. The molecule has 24 heavy (non-hydrogen) atoms. The zero-order valence-corrected chi connectivity index (χ0v) is 14.5. The van der Waals surface area contributed by atoms with Crippen LogP contribution in [0.5, 0.6) is 0 Å². The van der Waals surface area contributed by atoms with E-state index in [4.69, 9.17) is 0 Å². The standard InChI is InChI=1S/C16H18N6OS/c1-16(2,3)8-10-7-12(22-21-10)20-14(23)11-9-19-15(24-11)13-17-5-4-6-18-13/h4-7,9H,8H2,1-3H3,(H2,20,21,22,23). The highest BCUT2D eigenvalue weighted by Crippen LogP contribution is 2.23. The van der Waals surface area contributed by atoms with Gasteiger partial charge in [-0.15, -0.1) is 11.3 Å². The summed E-state index contributed by atoms with van der Waals surface area (Å²) in [6.45, 7) is 6.45. The van der Waals surface area contributed by atoms with Crippen molar-refractivity contribution in [2.45, 2.75) is 27.2 Å². The first-order chi connectivity index (χ1) is 11.4. The van der Waals surface area contributed by atoms with Crippen molar-refractivity contribution in [3.05, 3.63) is 41.3 Å². The third-order valence-corrected chi connectivity index (χ3v) is 4.07. The maximum Gasteiger partial charge on any atom is 0.268 e. The second kappa shape index (κ2) is 6.48. The summed E-state index contributed by atoms with van der Waals surface area (Å²) in [4.78, 5) is 25.3. The molecule has 0 bridgehead atoms. The number of aromatic amines is 1. The number of thiazole rings is 1. The van der Waals surface area contributed by atoms with Crippen molar-refractivity contribution >= 4 is 23.1 Å². The fraction of sp³-hybridized carbons (Fsp3) is 0.312. The van der Waals surface area contributed by atoms with Crippen LogP contribution in [0.1, 0.15) is 36.1 Å². The van der Waals surface area contributed by atoms with E-state index in [2.05, 4.69) is 51.2 Å². The molecule has 8 heteroatoms. The Morgan fingerprint density at radius 1 is 1.25 bits per heavy atom. The second-order valence-corrected chi connectivity index (χ2v) is 7.60. The molecular weight excluding hydrogens is 324 g/mol. The molecule has 3 aromatic rings. The van der Waals surface area contributed by atoms with Gasteiger partial charge in [0, 0.05) is 24.2 Å². The monoisotopic (exact) mass is 342 g/mol. The first-order valence-corrected chi connectivity index (χ1v) is 8.31. The van der Waals surface area contributed by atoms with Gasteiger partial charge in [-0.1, -0.05) is 20.8 Å². The number of carbonyl (C=O) groups is 1. The summed E-state index contributed by atoms with van der Waals surface area (Å²) >= 11 is 1.24. The summed E-state index contributed by atoms with van der Waals surface area (Å²) in [5.41, 5.74) is 1.14. The lowest BCUT2D eigenvalue weighted by atomic mass is 9.91. The van der Waals surface area contributed by atoms with Gasteiger partial charge in [0.05, 0.1) is 6.20 Å². The molecule has 0 radical (unpaired) electrons. The SMILES string of the molecule is CC(C)(C)Cc1cc(NC(=O)c2cnc(-c3ncccn3)s2)n[nH]1. The predicted octanol–water partition coefficient (Wildman–Crippen LogP) is 3.16. The molecule has 0 saturated heterocycles. The number of amides is 1.